The molecule has 0 aliphatic carbocycles. The van der Waals surface area contributed by atoms with Gasteiger partial charge in [-0.05, 0) is 41.2 Å². The van der Waals surface area contributed by atoms with Crippen LogP contribution in [-0.4, -0.2) is 72.7 Å². The van der Waals surface area contributed by atoms with E-state index >= 15 is 0 Å². The van der Waals surface area contributed by atoms with Crippen LogP contribution < -0.4 is 0 Å². The van der Waals surface area contributed by atoms with Crippen molar-refractivity contribution in [2.24, 2.45) is 0 Å². The van der Waals surface area contributed by atoms with Gasteiger partial charge in [-0.2, -0.15) is 0 Å². The third kappa shape index (κ3) is 4.98. The highest BCUT2D eigenvalue weighted by Crippen LogP contribution is 2.21. The number of hydrogen-bond donors (Lipinski definition) is 1. The third-order valence-corrected chi connectivity index (χ3v) is 4.20. The standard InChI is InChI=1S/C15H18BrFN2O4/c1-18(9-14(20)21)7-11-8-19(4-5-23-11)15(22)12-6-10(17)2-3-13(12)16/h2-3,6,11H,4-5,7-9H2,1H3,(H,20,21)/t11-/m0/s1. The van der Waals surface area contributed by atoms with Gasteiger partial charge in [0.05, 0.1) is 24.8 Å². The molecule has 1 aromatic carbocycles. The quantitative estimate of drug-likeness (QED) is 0.826. The molecule has 0 bridgehead atoms. The van der Waals surface area contributed by atoms with Crippen LogP contribution in [0.5, 0.6) is 0 Å². The van der Waals surface area contributed by atoms with Gasteiger partial charge in [-0.3, -0.25) is 14.5 Å². The number of halogens is 2. The second kappa shape index (κ2) is 7.85. The Balaban J connectivity index is 2.01. The number of hydrogen-bond acceptors (Lipinski definition) is 4. The van der Waals surface area contributed by atoms with Gasteiger partial charge in [-0.1, -0.05) is 0 Å². The molecule has 1 atom stereocenters. The fraction of sp³-hybridized carbons (Fsp3) is 0.467. The Morgan fingerprint density at radius 1 is 1.52 bits per heavy atom. The van der Waals surface area contributed by atoms with Gasteiger partial charge in [0.25, 0.3) is 5.91 Å². The van der Waals surface area contributed by atoms with Crippen LogP contribution in [0.25, 0.3) is 0 Å². The number of amides is 1. The number of carbonyl (C=O) groups is 2. The summed E-state index contributed by atoms with van der Waals surface area (Å²) in [5.74, 6) is -1.66. The van der Waals surface area contributed by atoms with E-state index in [1.54, 1.807) is 16.8 Å². The Labute approximate surface area is 141 Å². The van der Waals surface area contributed by atoms with E-state index in [9.17, 15) is 14.0 Å². The van der Waals surface area contributed by atoms with Crippen molar-refractivity contribution < 1.29 is 23.8 Å². The van der Waals surface area contributed by atoms with Crippen molar-refractivity contribution in [3.8, 4) is 0 Å². The average molecular weight is 389 g/mol. The average Bonchev–Trinajstić information content (AvgIpc) is 2.48. The molecule has 1 aliphatic heterocycles. The molecule has 1 heterocycles. The summed E-state index contributed by atoms with van der Waals surface area (Å²) in [4.78, 5) is 26.5. The summed E-state index contributed by atoms with van der Waals surface area (Å²) in [6.07, 6.45) is -0.274. The van der Waals surface area contributed by atoms with Gasteiger partial charge < -0.3 is 14.7 Å². The molecule has 1 amide bonds. The number of morpholine rings is 1. The first kappa shape index (κ1) is 17.8. The summed E-state index contributed by atoms with van der Waals surface area (Å²) in [5.41, 5.74) is 0.268. The smallest absolute Gasteiger partial charge is 0.317 e. The van der Waals surface area contributed by atoms with Crippen LogP contribution in [0, 0.1) is 5.82 Å². The maximum absolute atomic E-state index is 13.4. The summed E-state index contributed by atoms with van der Waals surface area (Å²) in [7, 11) is 1.68. The summed E-state index contributed by atoms with van der Waals surface area (Å²) in [5, 5.41) is 8.77. The number of rotatable bonds is 5. The zero-order chi connectivity index (χ0) is 17.0. The van der Waals surface area contributed by atoms with Crippen molar-refractivity contribution in [3.63, 3.8) is 0 Å². The fourth-order valence-corrected chi connectivity index (χ4v) is 2.91. The predicted octanol–water partition coefficient (Wildman–Crippen LogP) is 1.45. The van der Waals surface area contributed by atoms with Gasteiger partial charge in [-0.25, -0.2) is 4.39 Å². The van der Waals surface area contributed by atoms with Crippen molar-refractivity contribution in [1.29, 1.82) is 0 Å². The molecule has 0 spiro atoms. The molecule has 126 valence electrons. The molecule has 8 heteroatoms. The van der Waals surface area contributed by atoms with E-state index in [4.69, 9.17) is 9.84 Å². The first-order valence-corrected chi connectivity index (χ1v) is 7.92. The van der Waals surface area contributed by atoms with Gasteiger partial charge >= 0.3 is 5.97 Å². The van der Waals surface area contributed by atoms with Crippen LogP contribution in [0.3, 0.4) is 0 Å². The number of aliphatic carboxylic acids is 1. The van der Waals surface area contributed by atoms with Crippen LogP contribution in [0.15, 0.2) is 22.7 Å². The predicted molar refractivity (Wildman–Crippen MR) is 84.9 cm³/mol. The Morgan fingerprint density at radius 2 is 2.26 bits per heavy atom. The molecular formula is C15H18BrFN2O4. The Morgan fingerprint density at radius 3 is 2.96 bits per heavy atom. The maximum atomic E-state index is 13.4. The Hall–Kier alpha value is -1.51. The summed E-state index contributed by atoms with van der Waals surface area (Å²) in [6, 6.07) is 3.98. The number of carboxylic acid groups (broad SMARTS) is 1. The van der Waals surface area contributed by atoms with E-state index in [2.05, 4.69) is 15.9 Å². The van der Waals surface area contributed by atoms with Gasteiger partial charge in [0.15, 0.2) is 0 Å². The molecule has 0 unspecified atom stereocenters. The second-order valence-electron chi connectivity index (χ2n) is 5.46. The SMILES string of the molecule is CN(CC(=O)O)C[C@H]1CN(C(=O)c2cc(F)ccc2Br)CCO1. The van der Waals surface area contributed by atoms with E-state index in [1.165, 1.54) is 18.2 Å². The lowest BCUT2D eigenvalue weighted by Gasteiger charge is -2.34. The first-order valence-electron chi connectivity index (χ1n) is 7.13. The van der Waals surface area contributed by atoms with Gasteiger partial charge in [-0.15, -0.1) is 0 Å². The van der Waals surface area contributed by atoms with Crippen molar-refractivity contribution in [3.05, 3.63) is 34.1 Å². The Bertz CT molecular complexity index is 599. The van der Waals surface area contributed by atoms with Gasteiger partial charge in [0.2, 0.25) is 0 Å². The van der Waals surface area contributed by atoms with Gasteiger partial charge in [0.1, 0.15) is 5.82 Å². The van der Waals surface area contributed by atoms with Crippen LogP contribution in [0.1, 0.15) is 10.4 Å². The van der Waals surface area contributed by atoms with E-state index in [0.29, 0.717) is 30.7 Å². The zero-order valence-electron chi connectivity index (χ0n) is 12.7. The molecule has 6 nitrogen and oxygen atoms in total. The molecule has 1 fully saturated rings. The van der Waals surface area contributed by atoms with Crippen molar-refractivity contribution in [2.75, 3.05) is 39.8 Å². The monoisotopic (exact) mass is 388 g/mol. The summed E-state index contributed by atoms with van der Waals surface area (Å²) in [6.45, 7) is 1.43. The zero-order valence-corrected chi connectivity index (χ0v) is 14.3. The molecule has 2 rings (SSSR count). The molecule has 0 saturated carbocycles. The molecule has 0 aromatic heterocycles. The second-order valence-corrected chi connectivity index (χ2v) is 6.31. The molecule has 1 N–H and O–H groups in total. The minimum atomic E-state index is -0.917. The number of nitrogens with zero attached hydrogens (tertiary/aromatic N) is 2. The van der Waals surface area contributed by atoms with Crippen molar-refractivity contribution in [1.82, 2.24) is 9.80 Å². The highest BCUT2D eigenvalue weighted by molar-refractivity contribution is 9.10. The normalized spacial score (nSPS) is 18.3. The van der Waals surface area contributed by atoms with E-state index in [0.717, 1.165) is 0 Å². The highest BCUT2D eigenvalue weighted by atomic mass is 79.9. The number of likely N-dealkylation sites (N-methyl/N-ethyl adjacent to an activating group) is 1. The van der Waals surface area contributed by atoms with Crippen LogP contribution in [-0.2, 0) is 9.53 Å². The van der Waals surface area contributed by atoms with Crippen molar-refractivity contribution >= 4 is 27.8 Å². The first-order chi connectivity index (χ1) is 10.9. The molecule has 1 saturated heterocycles. The van der Waals surface area contributed by atoms with Crippen molar-refractivity contribution in [2.45, 2.75) is 6.10 Å². The van der Waals surface area contributed by atoms with Crippen LogP contribution in [0.2, 0.25) is 0 Å². The molecule has 0 radical (unpaired) electrons. The maximum Gasteiger partial charge on any atom is 0.317 e. The molecule has 1 aromatic rings. The third-order valence-electron chi connectivity index (χ3n) is 3.51. The number of carbonyl (C=O) groups excluding carboxylic acids is 1. The lowest BCUT2D eigenvalue weighted by molar-refractivity contribution is -0.138. The minimum absolute atomic E-state index is 0.0940. The summed E-state index contributed by atoms with van der Waals surface area (Å²) < 4.78 is 19.5. The van der Waals surface area contributed by atoms with Crippen LogP contribution >= 0.6 is 15.9 Å². The number of benzene rings is 1. The highest BCUT2D eigenvalue weighted by Gasteiger charge is 2.27. The summed E-state index contributed by atoms with van der Waals surface area (Å²) >= 11 is 3.26. The number of carboxylic acids is 1. The number of ether oxygens (including phenoxy) is 1. The van der Waals surface area contributed by atoms with E-state index < -0.39 is 11.8 Å². The lowest BCUT2D eigenvalue weighted by atomic mass is 10.1. The lowest BCUT2D eigenvalue weighted by Crippen LogP contribution is -2.49. The molecular weight excluding hydrogens is 371 g/mol. The van der Waals surface area contributed by atoms with Crippen LogP contribution in [0.4, 0.5) is 4.39 Å². The van der Waals surface area contributed by atoms with E-state index in [1.807, 2.05) is 0 Å². The largest absolute Gasteiger partial charge is 0.480 e. The molecule has 23 heavy (non-hydrogen) atoms. The topological polar surface area (TPSA) is 70.1 Å². The van der Waals surface area contributed by atoms with E-state index in [-0.39, 0.29) is 24.1 Å². The minimum Gasteiger partial charge on any atom is -0.480 e. The van der Waals surface area contributed by atoms with Gasteiger partial charge in [0, 0.05) is 24.1 Å². The molecule has 1 aliphatic rings. The Kier molecular flexibility index (Phi) is 6.09. The fourth-order valence-electron chi connectivity index (χ4n) is 2.49.